The summed E-state index contributed by atoms with van der Waals surface area (Å²) in [6.07, 6.45) is 5.06. The number of carbonyl (C=O) groups is 2. The molecule has 41 heavy (non-hydrogen) atoms. The quantitative estimate of drug-likeness (QED) is 0.251. The summed E-state index contributed by atoms with van der Waals surface area (Å²) in [5.41, 5.74) is 22.6. The van der Waals surface area contributed by atoms with Gasteiger partial charge in [-0.25, -0.2) is 14.9 Å². The van der Waals surface area contributed by atoms with Crippen LogP contribution in [0.5, 0.6) is 0 Å². The molecule has 0 radical (unpaired) electrons. The van der Waals surface area contributed by atoms with Crippen LogP contribution in [0.4, 0.5) is 11.6 Å². The number of aromatic nitrogens is 6. The van der Waals surface area contributed by atoms with Crippen LogP contribution in [0.15, 0.2) is 54.7 Å². The molecule has 12 heteroatoms. The van der Waals surface area contributed by atoms with Gasteiger partial charge in [0.05, 0.1) is 17.4 Å². The fourth-order valence-corrected chi connectivity index (χ4v) is 5.33. The van der Waals surface area contributed by atoms with E-state index in [0.29, 0.717) is 42.4 Å². The maximum absolute atomic E-state index is 13.8. The molecule has 0 bridgehead atoms. The third-order valence-corrected chi connectivity index (χ3v) is 7.73. The number of imide groups is 1. The Hall–Kier alpha value is -4.55. The predicted molar refractivity (Wildman–Crippen MR) is 155 cm³/mol. The average molecular weight is 555 g/mol. The second-order valence-corrected chi connectivity index (χ2v) is 10.5. The summed E-state index contributed by atoms with van der Waals surface area (Å²) >= 11 is 0. The van der Waals surface area contributed by atoms with E-state index in [-0.39, 0.29) is 24.2 Å². The molecule has 212 valence electrons. The molecule has 2 heterocycles. The molecular weight excluding hydrogens is 520 g/mol. The summed E-state index contributed by atoms with van der Waals surface area (Å²) in [7, 11) is 0. The molecule has 0 unspecified atom stereocenters. The van der Waals surface area contributed by atoms with Crippen LogP contribution in [0.2, 0.25) is 0 Å². The lowest BCUT2D eigenvalue weighted by atomic mass is 9.81. The number of hydrogen-bond donors (Lipinski definition) is 4. The minimum Gasteiger partial charge on any atom is -0.368 e. The minimum absolute atomic E-state index is 0.225. The van der Waals surface area contributed by atoms with E-state index >= 15 is 0 Å². The molecule has 1 aliphatic carbocycles. The van der Waals surface area contributed by atoms with Gasteiger partial charge in [-0.05, 0) is 92.1 Å². The Morgan fingerprint density at radius 1 is 1.02 bits per heavy atom. The summed E-state index contributed by atoms with van der Waals surface area (Å²) in [6, 6.07) is 13.7. The number of aryl methyl sites for hydroxylation is 1. The molecule has 0 spiro atoms. The Morgan fingerprint density at radius 3 is 2.32 bits per heavy atom. The molecule has 5 rings (SSSR count). The molecule has 0 aliphatic heterocycles. The van der Waals surface area contributed by atoms with E-state index in [1.165, 1.54) is 4.90 Å². The number of carbonyl (C=O) groups excluding carboxylic acids is 2. The molecular formula is C29H34N10O2. The summed E-state index contributed by atoms with van der Waals surface area (Å²) < 4.78 is 0. The summed E-state index contributed by atoms with van der Waals surface area (Å²) in [5.74, 6) is 0.101. The van der Waals surface area contributed by atoms with Gasteiger partial charge in [-0.1, -0.05) is 24.3 Å². The van der Waals surface area contributed by atoms with Crippen LogP contribution in [0.25, 0.3) is 22.5 Å². The summed E-state index contributed by atoms with van der Waals surface area (Å²) in [4.78, 5) is 37.2. The van der Waals surface area contributed by atoms with Gasteiger partial charge in [0.25, 0.3) is 5.91 Å². The number of rotatable bonds is 8. The number of nitrogens with two attached hydrogens (primary N) is 3. The summed E-state index contributed by atoms with van der Waals surface area (Å²) in [5, 5.41) is 14.0. The van der Waals surface area contributed by atoms with Crippen molar-refractivity contribution in [2.24, 2.45) is 23.3 Å². The predicted octanol–water partition coefficient (Wildman–Crippen LogP) is 2.41. The van der Waals surface area contributed by atoms with Crippen LogP contribution in [0.1, 0.15) is 36.9 Å². The molecule has 1 atom stereocenters. The fraction of sp³-hybridized carbons (Fsp3) is 0.345. The van der Waals surface area contributed by atoms with Gasteiger partial charge in [0.1, 0.15) is 0 Å². The first-order valence-electron chi connectivity index (χ1n) is 13.7. The Labute approximate surface area is 237 Å². The molecule has 1 aliphatic rings. The van der Waals surface area contributed by atoms with Gasteiger partial charge in [-0.15, -0.1) is 10.2 Å². The first-order chi connectivity index (χ1) is 19.8. The van der Waals surface area contributed by atoms with Gasteiger partial charge in [0.2, 0.25) is 17.7 Å². The third-order valence-electron chi connectivity index (χ3n) is 7.73. The molecule has 12 nitrogen and oxygen atoms in total. The molecule has 7 N–H and O–H groups in total. The van der Waals surface area contributed by atoms with Crippen LogP contribution in [0.3, 0.4) is 0 Å². The van der Waals surface area contributed by atoms with Crippen LogP contribution < -0.4 is 22.1 Å². The van der Waals surface area contributed by atoms with Gasteiger partial charge in [-0.3, -0.25) is 9.59 Å². The number of aromatic amines is 1. The standard InChI is InChI=1S/C29H34N10O2/c1-17-24(16-33-29(32)34-17)20-6-2-18(3-7-20)14-25(31)28(41)39(27(40)22-8-4-19(15-30)5-9-22)23-12-10-21(11-13-23)26-35-37-38-36-26/h2-3,6-7,10-13,16,19,22,25H,4-5,8-9,14-15,30-31H2,1H3,(H2,32,33,34)(H,35,36,37,38)/t19?,22?,25-/m0/s1. The number of nitrogen functional groups attached to an aromatic ring is 1. The Balaban J connectivity index is 1.36. The Morgan fingerprint density at radius 2 is 1.71 bits per heavy atom. The van der Waals surface area contributed by atoms with Crippen molar-refractivity contribution < 1.29 is 9.59 Å². The van der Waals surface area contributed by atoms with Crippen LogP contribution in [0, 0.1) is 18.8 Å². The van der Waals surface area contributed by atoms with Crippen molar-refractivity contribution in [2.75, 3.05) is 17.2 Å². The van der Waals surface area contributed by atoms with E-state index in [1.807, 2.05) is 31.2 Å². The molecule has 2 aromatic heterocycles. The van der Waals surface area contributed by atoms with Gasteiger partial charge in [0, 0.05) is 23.2 Å². The second-order valence-electron chi connectivity index (χ2n) is 10.5. The van der Waals surface area contributed by atoms with Crippen LogP contribution in [-0.2, 0) is 16.0 Å². The van der Waals surface area contributed by atoms with E-state index in [2.05, 4.69) is 30.6 Å². The number of anilines is 2. The Bertz CT molecular complexity index is 1480. The maximum atomic E-state index is 13.8. The minimum atomic E-state index is -0.927. The molecule has 0 saturated heterocycles. The zero-order valence-corrected chi connectivity index (χ0v) is 22.9. The zero-order valence-electron chi connectivity index (χ0n) is 22.9. The van der Waals surface area contributed by atoms with Crippen molar-refractivity contribution in [2.45, 2.75) is 45.1 Å². The molecule has 2 aromatic carbocycles. The second kappa shape index (κ2) is 12.3. The van der Waals surface area contributed by atoms with E-state index in [4.69, 9.17) is 17.2 Å². The van der Waals surface area contributed by atoms with Crippen molar-refractivity contribution in [3.8, 4) is 22.5 Å². The van der Waals surface area contributed by atoms with Crippen LogP contribution in [-0.4, -0.2) is 55.0 Å². The van der Waals surface area contributed by atoms with E-state index < -0.39 is 11.9 Å². The van der Waals surface area contributed by atoms with Crippen molar-refractivity contribution in [3.05, 3.63) is 66.0 Å². The fourth-order valence-electron chi connectivity index (χ4n) is 5.33. The lowest BCUT2D eigenvalue weighted by Crippen LogP contribution is -2.50. The Kier molecular flexibility index (Phi) is 8.41. The zero-order chi connectivity index (χ0) is 28.9. The van der Waals surface area contributed by atoms with Crippen molar-refractivity contribution in [1.82, 2.24) is 30.6 Å². The highest BCUT2D eigenvalue weighted by Crippen LogP contribution is 2.32. The van der Waals surface area contributed by atoms with Gasteiger partial charge >= 0.3 is 0 Å². The van der Waals surface area contributed by atoms with E-state index in [0.717, 1.165) is 35.2 Å². The highest BCUT2D eigenvalue weighted by atomic mass is 16.2. The number of H-pyrrole nitrogens is 1. The summed E-state index contributed by atoms with van der Waals surface area (Å²) in [6.45, 7) is 2.48. The highest BCUT2D eigenvalue weighted by Gasteiger charge is 2.35. The van der Waals surface area contributed by atoms with E-state index in [9.17, 15) is 9.59 Å². The lowest BCUT2D eigenvalue weighted by molar-refractivity contribution is -0.130. The topological polar surface area (TPSA) is 196 Å². The van der Waals surface area contributed by atoms with Crippen molar-refractivity contribution in [3.63, 3.8) is 0 Å². The van der Waals surface area contributed by atoms with Gasteiger partial charge in [-0.2, -0.15) is 5.21 Å². The first kappa shape index (κ1) is 28.0. The van der Waals surface area contributed by atoms with Gasteiger partial charge < -0.3 is 17.2 Å². The molecule has 1 fully saturated rings. The lowest BCUT2D eigenvalue weighted by Gasteiger charge is -2.32. The number of nitrogens with one attached hydrogen (secondary N) is 1. The number of amides is 2. The average Bonchev–Trinajstić information content (AvgIpc) is 3.53. The smallest absolute Gasteiger partial charge is 0.251 e. The first-order valence-corrected chi connectivity index (χ1v) is 13.7. The van der Waals surface area contributed by atoms with E-state index in [1.54, 1.807) is 30.5 Å². The molecule has 4 aromatic rings. The third kappa shape index (κ3) is 6.28. The number of nitrogens with zero attached hydrogens (tertiary/aromatic N) is 6. The SMILES string of the molecule is Cc1nc(N)ncc1-c1ccc(C[C@H](N)C(=O)N(C(=O)C2CCC(CN)CC2)c2ccc(-c3nn[nH]n3)cc2)cc1. The van der Waals surface area contributed by atoms with Crippen molar-refractivity contribution >= 4 is 23.5 Å². The number of tetrazole rings is 1. The van der Waals surface area contributed by atoms with Crippen molar-refractivity contribution in [1.29, 1.82) is 0 Å². The highest BCUT2D eigenvalue weighted by molar-refractivity contribution is 6.17. The monoisotopic (exact) mass is 554 g/mol. The largest absolute Gasteiger partial charge is 0.368 e. The maximum Gasteiger partial charge on any atom is 0.251 e. The van der Waals surface area contributed by atoms with Crippen LogP contribution >= 0.6 is 0 Å². The molecule has 2 amide bonds. The molecule has 1 saturated carbocycles. The normalized spacial score (nSPS) is 17.6. The number of benzene rings is 2. The number of hydrogen-bond acceptors (Lipinski definition) is 10. The van der Waals surface area contributed by atoms with Gasteiger partial charge in [0.15, 0.2) is 0 Å².